The Balaban J connectivity index is 1.51. The Morgan fingerprint density at radius 3 is 1.13 bits per heavy atom. The lowest BCUT2D eigenvalue weighted by Gasteiger charge is -2.50. The average molecular weight is 716 g/mol. The van der Waals surface area contributed by atoms with Crippen LogP contribution in [0.15, 0.2) is 84.9 Å². The number of hydrogen-bond acceptors (Lipinski definition) is 3. The van der Waals surface area contributed by atoms with Crippen molar-refractivity contribution in [2.24, 2.45) is 0 Å². The predicted octanol–water partition coefficient (Wildman–Crippen LogP) is 12.3. The van der Waals surface area contributed by atoms with E-state index in [9.17, 15) is 0 Å². The first-order valence-electron chi connectivity index (χ1n) is 19.4. The van der Waals surface area contributed by atoms with Gasteiger partial charge < -0.3 is 14.4 Å². The van der Waals surface area contributed by atoms with Crippen LogP contribution in [-0.2, 0) is 21.7 Å². The van der Waals surface area contributed by atoms with Crippen molar-refractivity contribution < 1.29 is 9.47 Å². The third kappa shape index (κ3) is 4.76. The van der Waals surface area contributed by atoms with Crippen LogP contribution >= 0.6 is 0 Å². The molecule has 0 fully saturated rings. The van der Waals surface area contributed by atoms with Gasteiger partial charge >= 0.3 is 0 Å². The molecule has 53 heavy (non-hydrogen) atoms. The molecule has 0 bridgehead atoms. The Bertz CT molecular complexity index is 2410. The summed E-state index contributed by atoms with van der Waals surface area (Å²) in [5.41, 5.74) is 8.53. The lowest BCUT2D eigenvalue weighted by Crippen LogP contribution is -2.71. The molecule has 0 amide bonds. The van der Waals surface area contributed by atoms with Crippen LogP contribution in [0.4, 0.5) is 17.1 Å². The molecule has 0 saturated carbocycles. The number of hydrogen-bond donors (Lipinski definition) is 0. The fourth-order valence-electron chi connectivity index (χ4n) is 9.40. The van der Waals surface area contributed by atoms with E-state index in [1.54, 1.807) is 0 Å². The highest BCUT2D eigenvalue weighted by Gasteiger charge is 2.56. The van der Waals surface area contributed by atoms with E-state index in [4.69, 9.17) is 9.47 Å². The zero-order valence-corrected chi connectivity index (χ0v) is 34.8. The minimum Gasteiger partial charge on any atom is -0.457 e. The molecule has 3 aliphatic rings. The van der Waals surface area contributed by atoms with Gasteiger partial charge in [0.15, 0.2) is 8.07 Å². The predicted molar refractivity (Wildman–Crippen MR) is 228 cm³/mol. The maximum absolute atomic E-state index is 7.22. The van der Waals surface area contributed by atoms with Crippen LogP contribution in [0.1, 0.15) is 105 Å². The topological polar surface area (TPSA) is 21.7 Å². The Kier molecular flexibility index (Phi) is 6.83. The normalized spacial score (nSPS) is 15.7. The van der Waals surface area contributed by atoms with Crippen molar-refractivity contribution in [3.63, 3.8) is 0 Å². The Labute approximate surface area is 317 Å². The quantitative estimate of drug-likeness (QED) is 0.125. The van der Waals surface area contributed by atoms with Gasteiger partial charge in [-0.15, -0.1) is 0 Å². The van der Waals surface area contributed by atoms with Crippen molar-refractivity contribution in [1.82, 2.24) is 0 Å². The van der Waals surface area contributed by atoms with Crippen LogP contribution < -0.4 is 29.9 Å². The SMILES string of the molecule is CC(C)(C)c1cc2c3c(c1)Oc1cc(C(C)(C)C)cc4c1[Si]3(C)c1c(cc(C(C)(C)C)cc1N4c1c3ccccc3c(C(C)(C)C)c3ccccc13)O2. The minimum absolute atomic E-state index is 0.0601. The van der Waals surface area contributed by atoms with Crippen LogP contribution in [0.5, 0.6) is 23.0 Å². The number of benzene rings is 6. The van der Waals surface area contributed by atoms with Crippen molar-refractivity contribution in [2.75, 3.05) is 4.90 Å². The van der Waals surface area contributed by atoms with Gasteiger partial charge in [0.25, 0.3) is 0 Å². The summed E-state index contributed by atoms with van der Waals surface area (Å²) in [6, 6.07) is 32.5. The van der Waals surface area contributed by atoms with Gasteiger partial charge in [-0.25, -0.2) is 0 Å². The van der Waals surface area contributed by atoms with E-state index in [0.717, 1.165) is 23.0 Å². The van der Waals surface area contributed by atoms with Crippen LogP contribution in [0.3, 0.4) is 0 Å². The molecule has 4 heteroatoms. The zero-order chi connectivity index (χ0) is 37.8. The molecular weight excluding hydrogens is 663 g/mol. The van der Waals surface area contributed by atoms with Crippen molar-refractivity contribution in [3.05, 3.63) is 107 Å². The first-order valence-corrected chi connectivity index (χ1v) is 21.9. The smallest absolute Gasteiger partial charge is 0.170 e. The second-order valence-electron chi connectivity index (χ2n) is 20.1. The van der Waals surface area contributed by atoms with Gasteiger partial charge in [-0.2, -0.15) is 0 Å². The molecule has 0 spiro atoms. The largest absolute Gasteiger partial charge is 0.457 e. The van der Waals surface area contributed by atoms with Crippen LogP contribution in [0.25, 0.3) is 21.5 Å². The molecule has 3 aliphatic heterocycles. The number of anilines is 3. The fraction of sp³-hybridized carbons (Fsp3) is 0.347. The lowest BCUT2D eigenvalue weighted by atomic mass is 9.79. The van der Waals surface area contributed by atoms with Crippen LogP contribution in [0, 0.1) is 0 Å². The second-order valence-corrected chi connectivity index (χ2v) is 23.8. The molecule has 9 rings (SSSR count). The van der Waals surface area contributed by atoms with Gasteiger partial charge in [-0.1, -0.05) is 138 Å². The molecule has 0 saturated heterocycles. The number of ether oxygens (including phenoxy) is 2. The third-order valence-corrected chi connectivity index (χ3v) is 16.6. The summed E-state index contributed by atoms with van der Waals surface area (Å²) in [6.07, 6.45) is 0. The summed E-state index contributed by atoms with van der Waals surface area (Å²) in [5, 5.41) is 9.07. The molecule has 6 aromatic carbocycles. The molecule has 0 N–H and O–H groups in total. The molecule has 6 aromatic rings. The molecule has 0 unspecified atom stereocenters. The highest BCUT2D eigenvalue weighted by molar-refractivity contribution is 7.14. The molecule has 0 aromatic heterocycles. The van der Waals surface area contributed by atoms with Crippen molar-refractivity contribution >= 4 is 62.2 Å². The summed E-state index contributed by atoms with van der Waals surface area (Å²) in [6.45, 7) is 30.4. The summed E-state index contributed by atoms with van der Waals surface area (Å²) in [5.74, 6) is 3.91. The average Bonchev–Trinajstić information content (AvgIpc) is 3.05. The van der Waals surface area contributed by atoms with Crippen molar-refractivity contribution in [1.29, 1.82) is 0 Å². The van der Waals surface area contributed by atoms with Gasteiger partial charge in [-0.3, -0.25) is 0 Å². The number of rotatable bonds is 1. The van der Waals surface area contributed by atoms with E-state index >= 15 is 0 Å². The van der Waals surface area contributed by atoms with E-state index in [2.05, 4.69) is 179 Å². The summed E-state index contributed by atoms with van der Waals surface area (Å²) >= 11 is 0. The molecule has 0 atom stereocenters. The van der Waals surface area contributed by atoms with Gasteiger partial charge in [0.05, 0.1) is 17.1 Å². The van der Waals surface area contributed by atoms with Gasteiger partial charge in [0.1, 0.15) is 23.0 Å². The van der Waals surface area contributed by atoms with Crippen molar-refractivity contribution in [3.8, 4) is 23.0 Å². The maximum atomic E-state index is 7.22. The van der Waals surface area contributed by atoms with E-state index < -0.39 is 8.07 Å². The van der Waals surface area contributed by atoms with Gasteiger partial charge in [0.2, 0.25) is 0 Å². The number of nitrogens with zero attached hydrogens (tertiary/aromatic N) is 1. The van der Waals surface area contributed by atoms with E-state index in [1.165, 1.54) is 76.4 Å². The molecular formula is C49H53NO2Si. The first-order chi connectivity index (χ1) is 24.7. The van der Waals surface area contributed by atoms with E-state index in [1.807, 2.05) is 0 Å². The fourth-order valence-corrected chi connectivity index (χ4v) is 14.0. The third-order valence-electron chi connectivity index (χ3n) is 12.1. The Hall–Kier alpha value is -4.54. The minimum atomic E-state index is -2.69. The summed E-state index contributed by atoms with van der Waals surface area (Å²) in [7, 11) is -2.69. The lowest BCUT2D eigenvalue weighted by molar-refractivity contribution is 0.454. The molecule has 0 radical (unpaired) electrons. The summed E-state index contributed by atoms with van der Waals surface area (Å²) < 4.78 is 14.4. The van der Waals surface area contributed by atoms with Crippen LogP contribution in [-0.4, -0.2) is 8.07 Å². The highest BCUT2D eigenvalue weighted by Crippen LogP contribution is 2.55. The number of fused-ring (bicyclic) bond motifs is 2. The molecule has 3 nitrogen and oxygen atoms in total. The van der Waals surface area contributed by atoms with Gasteiger partial charge in [-0.05, 0) is 91.1 Å². The monoisotopic (exact) mass is 715 g/mol. The Morgan fingerprint density at radius 1 is 0.434 bits per heavy atom. The first kappa shape index (κ1) is 34.2. The standard InChI is InChI=1S/C49H53NO2Si/c1-46(2,3)28-22-35-43-37(24-28)51-39-26-30(48(7,8)9)27-40-45(39)53(43,13)44-36(23-29(47(4,5)6)25-38(44)52-40)50(35)42-33-20-16-14-18-31(33)41(49(10,11)12)32-19-15-17-21-34(32)42/h14-27H,1-13H3. The Morgan fingerprint density at radius 2 is 0.774 bits per heavy atom. The molecule has 3 heterocycles. The van der Waals surface area contributed by atoms with E-state index in [-0.39, 0.29) is 21.7 Å². The summed E-state index contributed by atoms with van der Waals surface area (Å²) in [4.78, 5) is 2.63. The maximum Gasteiger partial charge on any atom is 0.170 e. The van der Waals surface area contributed by atoms with E-state index in [0.29, 0.717) is 0 Å². The van der Waals surface area contributed by atoms with Gasteiger partial charge in [0, 0.05) is 26.3 Å². The molecule has 0 aliphatic carbocycles. The van der Waals surface area contributed by atoms with Crippen LogP contribution in [0.2, 0.25) is 6.55 Å². The second kappa shape index (κ2) is 10.6. The molecule has 270 valence electrons. The highest BCUT2D eigenvalue weighted by atomic mass is 28.3. The zero-order valence-electron chi connectivity index (χ0n) is 33.8. The van der Waals surface area contributed by atoms with Crippen molar-refractivity contribution in [2.45, 2.75) is 111 Å².